The van der Waals surface area contributed by atoms with Gasteiger partial charge < -0.3 is 26.8 Å². The van der Waals surface area contributed by atoms with Gasteiger partial charge in [-0.3, -0.25) is 14.4 Å². The van der Waals surface area contributed by atoms with Gasteiger partial charge in [0, 0.05) is 12.5 Å². The van der Waals surface area contributed by atoms with Crippen LogP contribution in [0.25, 0.3) is 0 Å². The van der Waals surface area contributed by atoms with E-state index in [9.17, 15) is 19.2 Å². The lowest BCUT2D eigenvalue weighted by atomic mass is 9.91. The number of carbonyl (C=O) groups excluding carboxylic acids is 3. The van der Waals surface area contributed by atoms with Crippen LogP contribution in [0, 0.1) is 11.3 Å². The molecule has 3 atom stereocenters. The van der Waals surface area contributed by atoms with E-state index in [4.69, 9.17) is 10.8 Å². The van der Waals surface area contributed by atoms with Gasteiger partial charge in [0.05, 0.1) is 0 Å². The summed E-state index contributed by atoms with van der Waals surface area (Å²) in [5.74, 6) is -1.87. The lowest BCUT2D eigenvalue weighted by Gasteiger charge is -2.27. The molecule has 25 heavy (non-hydrogen) atoms. The Balaban J connectivity index is 1.99. The Morgan fingerprint density at radius 1 is 1.32 bits per heavy atom. The van der Waals surface area contributed by atoms with Gasteiger partial charge in [-0.05, 0) is 43.9 Å². The number of rotatable bonds is 8. The van der Waals surface area contributed by atoms with E-state index in [0.717, 1.165) is 19.3 Å². The van der Waals surface area contributed by atoms with Gasteiger partial charge >= 0.3 is 6.09 Å². The maximum absolute atomic E-state index is 12.5. The summed E-state index contributed by atoms with van der Waals surface area (Å²) in [6.07, 6.45) is 2.47. The quantitative estimate of drug-likeness (QED) is 0.405. The topological polar surface area (TPSA) is 151 Å². The minimum atomic E-state index is -1.30. The average Bonchev–Trinajstić information content (AvgIpc) is 3.24. The number of nitrogens with one attached hydrogen (secondary N) is 3. The molecular formula is C16H26N4O5. The lowest BCUT2D eigenvalue weighted by Crippen LogP contribution is -2.54. The second-order valence-electron chi connectivity index (χ2n) is 7.35. The summed E-state index contributed by atoms with van der Waals surface area (Å²) >= 11 is 0. The number of amides is 4. The first-order valence-electron chi connectivity index (χ1n) is 8.57. The molecule has 2 aliphatic rings. The molecule has 1 saturated heterocycles. The molecule has 1 saturated carbocycles. The molecule has 0 spiro atoms. The maximum Gasteiger partial charge on any atom is 0.405 e. The predicted molar refractivity (Wildman–Crippen MR) is 88.4 cm³/mol. The standard InChI is InChI=1S/C16H26N4O5/c1-16(4-5-16)8-11(20-15(24)25)14(23)19-10(12(17)21)7-9-3-2-6-18-13(9)22/h9-11,20H,2-8H2,1H3,(H2,17,21)(H,18,22)(H,19,23)(H,24,25)/t9-,10?,11?/m0/s1. The number of carboxylic acid groups (broad SMARTS) is 1. The number of piperidine rings is 1. The third-order valence-electron chi connectivity index (χ3n) is 4.99. The first-order chi connectivity index (χ1) is 11.7. The molecule has 2 unspecified atom stereocenters. The fraction of sp³-hybridized carbons (Fsp3) is 0.750. The normalized spacial score (nSPS) is 23.7. The summed E-state index contributed by atoms with van der Waals surface area (Å²) in [7, 11) is 0. The predicted octanol–water partition coefficient (Wildman–Crippen LogP) is -0.301. The number of hydrogen-bond donors (Lipinski definition) is 5. The monoisotopic (exact) mass is 354 g/mol. The minimum Gasteiger partial charge on any atom is -0.465 e. The Morgan fingerprint density at radius 2 is 2.00 bits per heavy atom. The van der Waals surface area contributed by atoms with Crippen molar-refractivity contribution in [2.75, 3.05) is 6.54 Å². The van der Waals surface area contributed by atoms with Crippen molar-refractivity contribution in [1.29, 1.82) is 0 Å². The van der Waals surface area contributed by atoms with Crippen LogP contribution in [0.3, 0.4) is 0 Å². The van der Waals surface area contributed by atoms with Crippen molar-refractivity contribution < 1.29 is 24.3 Å². The van der Waals surface area contributed by atoms with Crippen LogP contribution in [0.1, 0.15) is 45.4 Å². The van der Waals surface area contributed by atoms with Gasteiger partial charge in [-0.25, -0.2) is 4.79 Å². The molecule has 0 aromatic rings. The van der Waals surface area contributed by atoms with E-state index < -0.39 is 35.9 Å². The van der Waals surface area contributed by atoms with Crippen LogP contribution in [0.4, 0.5) is 4.79 Å². The largest absolute Gasteiger partial charge is 0.465 e. The van der Waals surface area contributed by atoms with Crippen molar-refractivity contribution in [2.24, 2.45) is 17.1 Å². The van der Waals surface area contributed by atoms with Crippen molar-refractivity contribution in [3.8, 4) is 0 Å². The molecule has 1 aliphatic carbocycles. The highest BCUT2D eigenvalue weighted by atomic mass is 16.4. The lowest BCUT2D eigenvalue weighted by molar-refractivity contribution is -0.131. The molecule has 0 aromatic heterocycles. The van der Waals surface area contributed by atoms with Crippen LogP contribution in [0.15, 0.2) is 0 Å². The summed E-state index contributed by atoms with van der Waals surface area (Å²) in [5, 5.41) is 16.4. The molecule has 4 amide bonds. The zero-order chi connectivity index (χ0) is 18.6. The van der Waals surface area contributed by atoms with Crippen LogP contribution < -0.4 is 21.7 Å². The minimum absolute atomic E-state index is 0.0596. The van der Waals surface area contributed by atoms with Crippen molar-refractivity contribution in [2.45, 2.75) is 57.5 Å². The van der Waals surface area contributed by atoms with Gasteiger partial charge in [-0.2, -0.15) is 0 Å². The van der Waals surface area contributed by atoms with E-state index in [1.54, 1.807) is 0 Å². The van der Waals surface area contributed by atoms with E-state index in [2.05, 4.69) is 16.0 Å². The van der Waals surface area contributed by atoms with Crippen molar-refractivity contribution in [1.82, 2.24) is 16.0 Å². The Bertz CT molecular complexity index is 561. The summed E-state index contributed by atoms with van der Waals surface area (Å²) in [4.78, 5) is 47.0. The first-order valence-corrected chi connectivity index (χ1v) is 8.57. The maximum atomic E-state index is 12.5. The van der Waals surface area contributed by atoms with Gasteiger partial charge in [-0.1, -0.05) is 6.92 Å². The highest BCUT2D eigenvalue weighted by Gasteiger charge is 2.42. The molecule has 9 nitrogen and oxygen atoms in total. The summed E-state index contributed by atoms with van der Waals surface area (Å²) in [6.45, 7) is 2.58. The van der Waals surface area contributed by atoms with Gasteiger partial charge in [0.1, 0.15) is 12.1 Å². The molecule has 1 heterocycles. The molecule has 0 radical (unpaired) electrons. The van der Waals surface area contributed by atoms with Gasteiger partial charge in [-0.15, -0.1) is 0 Å². The highest BCUT2D eigenvalue weighted by Crippen LogP contribution is 2.48. The SMILES string of the molecule is CC1(CC(NC(=O)O)C(=O)NC(C[C@@H]2CCCNC2=O)C(N)=O)CC1. The van der Waals surface area contributed by atoms with Crippen LogP contribution in [-0.2, 0) is 14.4 Å². The van der Waals surface area contributed by atoms with E-state index in [0.29, 0.717) is 19.4 Å². The fourth-order valence-electron chi connectivity index (χ4n) is 3.13. The summed E-state index contributed by atoms with van der Waals surface area (Å²) in [6, 6.07) is -1.96. The molecule has 1 aliphatic heterocycles. The molecule has 2 fully saturated rings. The molecule has 9 heteroatoms. The Kier molecular flexibility index (Phi) is 5.86. The Morgan fingerprint density at radius 3 is 2.52 bits per heavy atom. The Hall–Kier alpha value is -2.32. The summed E-state index contributed by atoms with van der Waals surface area (Å²) in [5.41, 5.74) is 5.31. The number of primary amides is 1. The van der Waals surface area contributed by atoms with Gasteiger partial charge in [0.2, 0.25) is 17.7 Å². The second kappa shape index (κ2) is 7.71. The third-order valence-corrected chi connectivity index (χ3v) is 4.99. The van der Waals surface area contributed by atoms with Gasteiger partial charge in [0.15, 0.2) is 0 Å². The molecule has 0 aromatic carbocycles. The molecule has 6 N–H and O–H groups in total. The molecule has 140 valence electrons. The van der Waals surface area contributed by atoms with Crippen molar-refractivity contribution in [3.63, 3.8) is 0 Å². The van der Waals surface area contributed by atoms with E-state index in [1.165, 1.54) is 0 Å². The Labute approximate surface area is 146 Å². The number of nitrogens with two attached hydrogens (primary N) is 1. The second-order valence-corrected chi connectivity index (χ2v) is 7.35. The van der Waals surface area contributed by atoms with E-state index in [-0.39, 0.29) is 17.7 Å². The van der Waals surface area contributed by atoms with Crippen LogP contribution in [0.2, 0.25) is 0 Å². The molecule has 2 rings (SSSR count). The average molecular weight is 354 g/mol. The summed E-state index contributed by atoms with van der Waals surface area (Å²) < 4.78 is 0. The van der Waals surface area contributed by atoms with Crippen LogP contribution in [-0.4, -0.2) is 47.5 Å². The van der Waals surface area contributed by atoms with Crippen molar-refractivity contribution in [3.05, 3.63) is 0 Å². The molecule has 0 bridgehead atoms. The van der Waals surface area contributed by atoms with Crippen LogP contribution in [0.5, 0.6) is 0 Å². The first kappa shape index (κ1) is 19.0. The highest BCUT2D eigenvalue weighted by molar-refractivity contribution is 5.91. The van der Waals surface area contributed by atoms with Gasteiger partial charge in [0.25, 0.3) is 0 Å². The third kappa shape index (κ3) is 5.61. The molecular weight excluding hydrogens is 328 g/mol. The van der Waals surface area contributed by atoms with E-state index >= 15 is 0 Å². The smallest absolute Gasteiger partial charge is 0.405 e. The fourth-order valence-corrected chi connectivity index (χ4v) is 3.13. The zero-order valence-corrected chi connectivity index (χ0v) is 14.3. The van der Waals surface area contributed by atoms with E-state index in [1.807, 2.05) is 6.92 Å². The number of carbonyl (C=O) groups is 4. The van der Waals surface area contributed by atoms with Crippen LogP contribution >= 0.6 is 0 Å². The zero-order valence-electron chi connectivity index (χ0n) is 14.3. The number of hydrogen-bond acceptors (Lipinski definition) is 4. The van der Waals surface area contributed by atoms with Crippen molar-refractivity contribution >= 4 is 23.8 Å².